The zero-order valence-corrected chi connectivity index (χ0v) is 14.1. The molecule has 0 fully saturated rings. The van der Waals surface area contributed by atoms with Crippen molar-refractivity contribution in [1.29, 1.82) is 0 Å². The first-order valence-electron chi connectivity index (χ1n) is 7.70. The SMILES string of the molecule is CCOc1cc(NCc2ccc(C)cc2)nc(C(C)(C)C)n1. The Morgan fingerprint density at radius 2 is 1.77 bits per heavy atom. The molecule has 0 aliphatic carbocycles. The molecule has 0 aliphatic rings. The summed E-state index contributed by atoms with van der Waals surface area (Å²) in [6.07, 6.45) is 0. The highest BCUT2D eigenvalue weighted by atomic mass is 16.5. The monoisotopic (exact) mass is 299 g/mol. The number of hydrogen-bond donors (Lipinski definition) is 1. The molecular formula is C18H25N3O. The van der Waals surface area contributed by atoms with Gasteiger partial charge in [0, 0.05) is 18.0 Å². The third-order valence-electron chi connectivity index (χ3n) is 3.26. The van der Waals surface area contributed by atoms with E-state index in [4.69, 9.17) is 4.74 Å². The molecular weight excluding hydrogens is 274 g/mol. The normalized spacial score (nSPS) is 11.3. The number of benzene rings is 1. The van der Waals surface area contributed by atoms with Gasteiger partial charge in [0.2, 0.25) is 5.88 Å². The minimum absolute atomic E-state index is 0.118. The largest absolute Gasteiger partial charge is 0.478 e. The molecule has 4 nitrogen and oxygen atoms in total. The minimum atomic E-state index is -0.118. The second kappa shape index (κ2) is 6.77. The van der Waals surface area contributed by atoms with Crippen molar-refractivity contribution in [2.24, 2.45) is 0 Å². The summed E-state index contributed by atoms with van der Waals surface area (Å²) in [5.74, 6) is 2.20. The maximum Gasteiger partial charge on any atom is 0.218 e. The Morgan fingerprint density at radius 3 is 2.36 bits per heavy atom. The molecule has 2 rings (SSSR count). The molecule has 2 aromatic rings. The average molecular weight is 299 g/mol. The Balaban J connectivity index is 2.18. The van der Waals surface area contributed by atoms with Crippen molar-refractivity contribution in [3.05, 3.63) is 47.3 Å². The standard InChI is InChI=1S/C18H25N3O/c1-6-22-16-11-15(20-17(21-16)18(3,4)5)19-12-14-9-7-13(2)8-10-14/h7-11H,6,12H2,1-5H3,(H,19,20,21). The van der Waals surface area contributed by atoms with E-state index in [0.717, 1.165) is 18.2 Å². The van der Waals surface area contributed by atoms with Crippen LogP contribution in [0, 0.1) is 6.92 Å². The molecule has 0 saturated heterocycles. The number of anilines is 1. The van der Waals surface area contributed by atoms with Crippen LogP contribution in [0.1, 0.15) is 44.6 Å². The van der Waals surface area contributed by atoms with Gasteiger partial charge in [-0.3, -0.25) is 0 Å². The Morgan fingerprint density at radius 1 is 1.09 bits per heavy atom. The van der Waals surface area contributed by atoms with Crippen LogP contribution >= 0.6 is 0 Å². The minimum Gasteiger partial charge on any atom is -0.478 e. The van der Waals surface area contributed by atoms with E-state index in [0.29, 0.717) is 12.5 Å². The summed E-state index contributed by atoms with van der Waals surface area (Å²) in [4.78, 5) is 9.10. The van der Waals surface area contributed by atoms with Gasteiger partial charge in [0.1, 0.15) is 11.6 Å². The summed E-state index contributed by atoms with van der Waals surface area (Å²) in [6.45, 7) is 11.7. The number of rotatable bonds is 5. The summed E-state index contributed by atoms with van der Waals surface area (Å²) in [5, 5.41) is 3.36. The van der Waals surface area contributed by atoms with Crippen LogP contribution < -0.4 is 10.1 Å². The lowest BCUT2D eigenvalue weighted by Gasteiger charge is -2.19. The van der Waals surface area contributed by atoms with Crippen molar-refractivity contribution in [3.8, 4) is 5.88 Å². The van der Waals surface area contributed by atoms with E-state index in [1.807, 2.05) is 13.0 Å². The van der Waals surface area contributed by atoms with E-state index < -0.39 is 0 Å². The molecule has 1 aromatic heterocycles. The summed E-state index contributed by atoms with van der Waals surface area (Å²) in [5.41, 5.74) is 2.37. The van der Waals surface area contributed by atoms with Crippen molar-refractivity contribution >= 4 is 5.82 Å². The molecule has 1 N–H and O–H groups in total. The number of nitrogens with one attached hydrogen (secondary N) is 1. The van der Waals surface area contributed by atoms with Crippen LogP contribution in [0.2, 0.25) is 0 Å². The first-order chi connectivity index (χ1) is 10.4. The maximum atomic E-state index is 5.56. The molecule has 1 aromatic carbocycles. The van der Waals surface area contributed by atoms with Crippen LogP contribution in [-0.4, -0.2) is 16.6 Å². The third kappa shape index (κ3) is 4.45. The van der Waals surface area contributed by atoms with Gasteiger partial charge in [0.05, 0.1) is 6.61 Å². The van der Waals surface area contributed by atoms with Gasteiger partial charge in [-0.2, -0.15) is 4.98 Å². The molecule has 0 bridgehead atoms. The topological polar surface area (TPSA) is 47.0 Å². The van der Waals surface area contributed by atoms with Crippen molar-refractivity contribution in [3.63, 3.8) is 0 Å². The smallest absolute Gasteiger partial charge is 0.218 e. The van der Waals surface area contributed by atoms with Crippen molar-refractivity contribution in [2.75, 3.05) is 11.9 Å². The number of aromatic nitrogens is 2. The quantitative estimate of drug-likeness (QED) is 0.903. The summed E-state index contributed by atoms with van der Waals surface area (Å²) in [6, 6.07) is 10.3. The molecule has 4 heteroatoms. The van der Waals surface area contributed by atoms with Crippen molar-refractivity contribution in [2.45, 2.75) is 46.6 Å². The summed E-state index contributed by atoms with van der Waals surface area (Å²) < 4.78 is 5.56. The zero-order chi connectivity index (χ0) is 16.2. The Bertz CT molecular complexity index is 615. The average Bonchev–Trinajstić information content (AvgIpc) is 2.46. The highest BCUT2D eigenvalue weighted by Gasteiger charge is 2.19. The molecule has 0 atom stereocenters. The molecule has 0 unspecified atom stereocenters. The van der Waals surface area contributed by atoms with Gasteiger partial charge < -0.3 is 10.1 Å². The van der Waals surface area contributed by atoms with E-state index in [1.165, 1.54) is 11.1 Å². The molecule has 22 heavy (non-hydrogen) atoms. The molecule has 0 spiro atoms. The molecule has 118 valence electrons. The van der Waals surface area contributed by atoms with Crippen LogP contribution in [-0.2, 0) is 12.0 Å². The summed E-state index contributed by atoms with van der Waals surface area (Å²) in [7, 11) is 0. The van der Waals surface area contributed by atoms with Crippen LogP contribution in [0.25, 0.3) is 0 Å². The fourth-order valence-corrected chi connectivity index (χ4v) is 1.97. The lowest BCUT2D eigenvalue weighted by molar-refractivity contribution is 0.322. The predicted molar refractivity (Wildman–Crippen MR) is 90.4 cm³/mol. The fraction of sp³-hybridized carbons (Fsp3) is 0.444. The lowest BCUT2D eigenvalue weighted by Crippen LogP contribution is -2.18. The summed E-state index contributed by atoms with van der Waals surface area (Å²) >= 11 is 0. The van der Waals surface area contributed by atoms with Crippen LogP contribution in [0.4, 0.5) is 5.82 Å². The van der Waals surface area contributed by atoms with Gasteiger partial charge in [-0.1, -0.05) is 50.6 Å². The number of ether oxygens (including phenoxy) is 1. The molecule has 0 saturated carbocycles. The van der Waals surface area contributed by atoms with Crippen molar-refractivity contribution < 1.29 is 4.74 Å². The molecule has 0 radical (unpaired) electrons. The number of hydrogen-bond acceptors (Lipinski definition) is 4. The Labute approximate surface area is 133 Å². The van der Waals surface area contributed by atoms with E-state index in [9.17, 15) is 0 Å². The first kappa shape index (κ1) is 16.3. The van der Waals surface area contributed by atoms with Crippen LogP contribution in [0.5, 0.6) is 5.88 Å². The third-order valence-corrected chi connectivity index (χ3v) is 3.26. The van der Waals surface area contributed by atoms with Gasteiger partial charge >= 0.3 is 0 Å². The van der Waals surface area contributed by atoms with E-state index in [1.54, 1.807) is 0 Å². The zero-order valence-electron chi connectivity index (χ0n) is 14.1. The predicted octanol–water partition coefficient (Wildman–Crippen LogP) is 4.09. The second-order valence-corrected chi connectivity index (χ2v) is 6.44. The Kier molecular flexibility index (Phi) is 5.01. The maximum absolute atomic E-state index is 5.56. The van der Waals surface area contributed by atoms with E-state index >= 15 is 0 Å². The Hall–Kier alpha value is -2.10. The van der Waals surface area contributed by atoms with Gasteiger partial charge in [-0.15, -0.1) is 0 Å². The molecule has 0 aliphatic heterocycles. The highest BCUT2D eigenvalue weighted by molar-refractivity contribution is 5.40. The molecule has 0 amide bonds. The number of aryl methyl sites for hydroxylation is 1. The number of nitrogens with zero attached hydrogens (tertiary/aromatic N) is 2. The van der Waals surface area contributed by atoms with Gasteiger partial charge in [0.15, 0.2) is 0 Å². The first-order valence-corrected chi connectivity index (χ1v) is 7.70. The van der Waals surface area contributed by atoms with Crippen molar-refractivity contribution in [1.82, 2.24) is 9.97 Å². The lowest BCUT2D eigenvalue weighted by atomic mass is 9.96. The van der Waals surface area contributed by atoms with Gasteiger partial charge in [0.25, 0.3) is 0 Å². The van der Waals surface area contributed by atoms with E-state index in [2.05, 4.69) is 67.2 Å². The highest BCUT2D eigenvalue weighted by Crippen LogP contribution is 2.23. The van der Waals surface area contributed by atoms with Crippen LogP contribution in [0.15, 0.2) is 30.3 Å². The molecule has 1 heterocycles. The van der Waals surface area contributed by atoms with Crippen LogP contribution in [0.3, 0.4) is 0 Å². The van der Waals surface area contributed by atoms with E-state index in [-0.39, 0.29) is 5.41 Å². The van der Waals surface area contributed by atoms with Gasteiger partial charge in [-0.05, 0) is 19.4 Å². The second-order valence-electron chi connectivity index (χ2n) is 6.44. The van der Waals surface area contributed by atoms with Gasteiger partial charge in [-0.25, -0.2) is 4.98 Å². The fourth-order valence-electron chi connectivity index (χ4n) is 1.97.